The first-order valence-electron chi connectivity index (χ1n) is 11.6. The molecule has 0 radical (unpaired) electrons. The van der Waals surface area contributed by atoms with Crippen molar-refractivity contribution in [3.05, 3.63) is 54.1 Å². The molecule has 2 fully saturated rings. The molecule has 0 N–H and O–H groups in total. The van der Waals surface area contributed by atoms with E-state index in [1.807, 2.05) is 39.2 Å². The normalized spacial score (nSPS) is 20.3. The summed E-state index contributed by atoms with van der Waals surface area (Å²) in [6.07, 6.45) is 6.32. The molecule has 172 valence electrons. The number of hydrogen-bond donors (Lipinski definition) is 0. The molecule has 3 heterocycles. The molecule has 0 saturated carbocycles. The predicted octanol–water partition coefficient (Wildman–Crippen LogP) is 4.04. The number of amides is 1. The summed E-state index contributed by atoms with van der Waals surface area (Å²) in [6.45, 7) is 9.38. The lowest BCUT2D eigenvalue weighted by Crippen LogP contribution is -2.48. The van der Waals surface area contributed by atoms with Crippen LogP contribution < -0.4 is 4.90 Å². The third-order valence-electron chi connectivity index (χ3n) is 6.00. The molecule has 0 aliphatic carbocycles. The Labute approximate surface area is 190 Å². The fourth-order valence-corrected chi connectivity index (χ4v) is 4.36. The van der Waals surface area contributed by atoms with Crippen molar-refractivity contribution in [2.75, 3.05) is 37.7 Å². The molecule has 0 bridgehead atoms. The SMILES string of the molecule is CC(C)(C)OC(=O)N1CCOC(Cc2ccc(N3CCC(c4ncccn4)CC3)cc2)C1. The van der Waals surface area contributed by atoms with Crippen molar-refractivity contribution in [2.24, 2.45) is 0 Å². The number of hydrogen-bond acceptors (Lipinski definition) is 6. The van der Waals surface area contributed by atoms with Gasteiger partial charge in [-0.15, -0.1) is 0 Å². The van der Waals surface area contributed by atoms with Crippen molar-refractivity contribution in [2.45, 2.75) is 57.7 Å². The third-order valence-corrected chi connectivity index (χ3v) is 6.00. The largest absolute Gasteiger partial charge is 0.444 e. The van der Waals surface area contributed by atoms with Gasteiger partial charge in [-0.2, -0.15) is 0 Å². The van der Waals surface area contributed by atoms with Crippen LogP contribution in [-0.2, 0) is 15.9 Å². The van der Waals surface area contributed by atoms with Gasteiger partial charge in [-0.3, -0.25) is 0 Å². The van der Waals surface area contributed by atoms with Gasteiger partial charge in [-0.1, -0.05) is 12.1 Å². The van der Waals surface area contributed by atoms with Gasteiger partial charge in [0.05, 0.1) is 19.3 Å². The molecule has 2 aliphatic rings. The maximum atomic E-state index is 12.4. The number of ether oxygens (including phenoxy) is 2. The zero-order valence-corrected chi connectivity index (χ0v) is 19.4. The lowest BCUT2D eigenvalue weighted by atomic mass is 9.95. The summed E-state index contributed by atoms with van der Waals surface area (Å²) in [6, 6.07) is 10.6. The summed E-state index contributed by atoms with van der Waals surface area (Å²) in [4.78, 5) is 25.4. The maximum Gasteiger partial charge on any atom is 0.410 e. The number of aromatic nitrogens is 2. The molecular formula is C25H34N4O3. The Morgan fingerprint density at radius 3 is 2.44 bits per heavy atom. The number of carbonyl (C=O) groups excluding carboxylic acids is 1. The van der Waals surface area contributed by atoms with Crippen LogP contribution in [0.4, 0.5) is 10.5 Å². The smallest absolute Gasteiger partial charge is 0.410 e. The summed E-state index contributed by atoms with van der Waals surface area (Å²) in [7, 11) is 0. The first-order valence-corrected chi connectivity index (χ1v) is 11.6. The zero-order valence-electron chi connectivity index (χ0n) is 19.4. The van der Waals surface area contributed by atoms with Crippen LogP contribution in [0.1, 0.15) is 50.9 Å². The highest BCUT2D eigenvalue weighted by molar-refractivity contribution is 5.68. The average molecular weight is 439 g/mol. The Hall–Kier alpha value is -2.67. The molecule has 1 atom stereocenters. The Bertz CT molecular complexity index is 874. The Kier molecular flexibility index (Phi) is 6.94. The lowest BCUT2D eigenvalue weighted by Gasteiger charge is -2.34. The van der Waals surface area contributed by atoms with E-state index in [0.29, 0.717) is 25.6 Å². The topological polar surface area (TPSA) is 67.8 Å². The van der Waals surface area contributed by atoms with E-state index in [-0.39, 0.29) is 12.2 Å². The van der Waals surface area contributed by atoms with E-state index < -0.39 is 5.60 Å². The zero-order chi connectivity index (χ0) is 22.6. The number of benzene rings is 1. The summed E-state index contributed by atoms with van der Waals surface area (Å²) in [5, 5.41) is 0. The molecule has 1 aromatic carbocycles. The van der Waals surface area contributed by atoms with Crippen LogP contribution in [0.25, 0.3) is 0 Å². The van der Waals surface area contributed by atoms with Crippen molar-refractivity contribution in [1.82, 2.24) is 14.9 Å². The van der Waals surface area contributed by atoms with Crippen LogP contribution in [0, 0.1) is 0 Å². The van der Waals surface area contributed by atoms with Crippen molar-refractivity contribution in [3.63, 3.8) is 0 Å². The monoisotopic (exact) mass is 438 g/mol. The van der Waals surface area contributed by atoms with Gasteiger partial charge < -0.3 is 19.3 Å². The van der Waals surface area contributed by atoms with Crippen LogP contribution in [0.15, 0.2) is 42.7 Å². The third kappa shape index (κ3) is 5.97. The van der Waals surface area contributed by atoms with E-state index in [2.05, 4.69) is 39.1 Å². The van der Waals surface area contributed by atoms with E-state index >= 15 is 0 Å². The molecule has 1 amide bonds. The average Bonchev–Trinajstić information content (AvgIpc) is 2.79. The first-order chi connectivity index (χ1) is 15.4. The maximum absolute atomic E-state index is 12.4. The predicted molar refractivity (Wildman–Crippen MR) is 124 cm³/mol. The van der Waals surface area contributed by atoms with Crippen molar-refractivity contribution >= 4 is 11.8 Å². The minimum atomic E-state index is -0.483. The fraction of sp³-hybridized carbons (Fsp3) is 0.560. The molecular weight excluding hydrogens is 404 g/mol. The molecule has 7 nitrogen and oxygen atoms in total. The summed E-state index contributed by atoms with van der Waals surface area (Å²) in [5.41, 5.74) is 1.99. The molecule has 2 saturated heterocycles. The van der Waals surface area contributed by atoms with Gasteiger partial charge in [0.15, 0.2) is 0 Å². The van der Waals surface area contributed by atoms with Gasteiger partial charge in [0.2, 0.25) is 0 Å². The summed E-state index contributed by atoms with van der Waals surface area (Å²) in [5.74, 6) is 1.42. The van der Waals surface area contributed by atoms with Crippen molar-refractivity contribution in [1.29, 1.82) is 0 Å². The minimum Gasteiger partial charge on any atom is -0.444 e. The minimum absolute atomic E-state index is 0.0104. The van der Waals surface area contributed by atoms with Crippen molar-refractivity contribution in [3.8, 4) is 0 Å². The quantitative estimate of drug-likeness (QED) is 0.718. The lowest BCUT2D eigenvalue weighted by molar-refractivity contribution is -0.0415. The molecule has 1 unspecified atom stereocenters. The number of carbonyl (C=O) groups is 1. The Balaban J connectivity index is 1.28. The molecule has 4 rings (SSSR count). The standard InChI is InChI=1S/C25H34N4O3/c1-25(2,3)32-24(30)29-15-16-31-22(18-29)17-19-5-7-21(8-6-19)28-13-9-20(10-14-28)23-26-11-4-12-27-23/h4-8,11-12,20,22H,9-10,13-18H2,1-3H3. The molecule has 2 aromatic rings. The van der Waals surface area contributed by atoms with Crippen LogP contribution in [-0.4, -0.2) is 65.5 Å². The highest BCUT2D eigenvalue weighted by Crippen LogP contribution is 2.28. The van der Waals surface area contributed by atoms with Crippen LogP contribution >= 0.6 is 0 Å². The van der Waals surface area contributed by atoms with Gasteiger partial charge >= 0.3 is 6.09 Å². The fourth-order valence-electron chi connectivity index (χ4n) is 4.36. The second-order valence-electron chi connectivity index (χ2n) is 9.66. The first kappa shape index (κ1) is 22.5. The van der Waals surface area contributed by atoms with E-state index in [4.69, 9.17) is 9.47 Å². The highest BCUT2D eigenvalue weighted by Gasteiger charge is 2.28. The van der Waals surface area contributed by atoms with Gasteiger partial charge in [0.1, 0.15) is 11.4 Å². The van der Waals surface area contributed by atoms with Gasteiger partial charge in [-0.25, -0.2) is 14.8 Å². The molecule has 2 aliphatic heterocycles. The molecule has 7 heteroatoms. The molecule has 0 spiro atoms. The van der Waals surface area contributed by atoms with Crippen LogP contribution in [0.2, 0.25) is 0 Å². The van der Waals surface area contributed by atoms with E-state index in [1.165, 1.54) is 11.3 Å². The van der Waals surface area contributed by atoms with Gasteiger partial charge in [-0.05, 0) is 57.4 Å². The van der Waals surface area contributed by atoms with Gasteiger partial charge in [0.25, 0.3) is 0 Å². The highest BCUT2D eigenvalue weighted by atomic mass is 16.6. The summed E-state index contributed by atoms with van der Waals surface area (Å²) < 4.78 is 11.4. The molecule has 1 aromatic heterocycles. The number of piperidine rings is 1. The van der Waals surface area contributed by atoms with E-state index in [0.717, 1.165) is 38.2 Å². The van der Waals surface area contributed by atoms with Crippen molar-refractivity contribution < 1.29 is 14.3 Å². The number of anilines is 1. The van der Waals surface area contributed by atoms with E-state index in [9.17, 15) is 4.79 Å². The van der Waals surface area contributed by atoms with Crippen LogP contribution in [0.3, 0.4) is 0 Å². The van der Waals surface area contributed by atoms with Crippen LogP contribution in [0.5, 0.6) is 0 Å². The van der Waals surface area contributed by atoms with E-state index in [1.54, 1.807) is 4.90 Å². The second-order valence-corrected chi connectivity index (χ2v) is 9.66. The number of nitrogens with zero attached hydrogens (tertiary/aromatic N) is 4. The Morgan fingerprint density at radius 1 is 1.09 bits per heavy atom. The number of rotatable bonds is 4. The summed E-state index contributed by atoms with van der Waals surface area (Å²) >= 11 is 0. The second kappa shape index (κ2) is 9.86. The number of morpholine rings is 1. The van der Waals surface area contributed by atoms with Gasteiger partial charge in [0, 0.05) is 50.1 Å². The molecule has 32 heavy (non-hydrogen) atoms. The Morgan fingerprint density at radius 2 is 1.78 bits per heavy atom.